The van der Waals surface area contributed by atoms with Crippen LogP contribution in [0.5, 0.6) is 0 Å². The Labute approximate surface area is 215 Å². The molecule has 212 valence electrons. The molecule has 1 rings (SSSR count). The summed E-state index contributed by atoms with van der Waals surface area (Å²) in [5, 5.41) is 0. The van der Waals surface area contributed by atoms with Crippen LogP contribution in [0.4, 0.5) is 0 Å². The molecule has 0 radical (unpaired) electrons. The Morgan fingerprint density at radius 3 is 1.00 bits per heavy atom. The summed E-state index contributed by atoms with van der Waals surface area (Å²) in [6.07, 6.45) is 0. The van der Waals surface area contributed by atoms with Crippen LogP contribution in [-0.2, 0) is 27.2 Å². The highest BCUT2D eigenvalue weighted by atomic mass is 31.2. The molecule has 2 atom stereocenters. The van der Waals surface area contributed by atoms with Gasteiger partial charge in [-0.25, -0.2) is 0 Å². The highest BCUT2D eigenvalue weighted by Crippen LogP contribution is 2.24. The fourth-order valence-corrected chi connectivity index (χ4v) is 4.44. The van der Waals surface area contributed by atoms with Gasteiger partial charge in [0.15, 0.2) is 0 Å². The van der Waals surface area contributed by atoms with Crippen LogP contribution < -0.4 is 0 Å². The normalized spacial score (nSPS) is 19.4. The van der Waals surface area contributed by atoms with Crippen molar-refractivity contribution in [3.63, 3.8) is 0 Å². The van der Waals surface area contributed by atoms with Crippen LogP contribution in [0.1, 0.15) is 0 Å². The second kappa shape index (κ2) is 21.3. The zero-order chi connectivity index (χ0) is 26.8. The minimum Gasteiger partial charge on any atom is -0.328 e. The van der Waals surface area contributed by atoms with Crippen molar-refractivity contribution in [2.24, 2.45) is 0 Å². The first-order valence-electron chi connectivity index (χ1n) is 11.2. The van der Waals surface area contributed by atoms with Crippen molar-refractivity contribution in [1.29, 1.82) is 0 Å². The van der Waals surface area contributed by atoms with Gasteiger partial charge >= 0.3 is 33.7 Å². The Kier molecular flexibility index (Phi) is 20.5. The van der Waals surface area contributed by atoms with Crippen LogP contribution >= 0.6 is 33.7 Å². The summed E-state index contributed by atoms with van der Waals surface area (Å²) in [6.45, 7) is 7.05. The van der Waals surface area contributed by atoms with Gasteiger partial charge in [-0.05, 0) is 0 Å². The van der Waals surface area contributed by atoms with Crippen LogP contribution in [0, 0.1) is 0 Å². The predicted molar refractivity (Wildman–Crippen MR) is 132 cm³/mol. The number of hydrogen-bond acceptors (Lipinski definition) is 14. The highest BCUT2D eigenvalue weighted by molar-refractivity contribution is 7.39. The topological polar surface area (TPSA) is 205 Å². The molecule has 0 aromatic carbocycles. The Balaban J connectivity index is 2.85. The molecule has 0 spiro atoms. The maximum absolute atomic E-state index is 10.9. The van der Waals surface area contributed by atoms with Gasteiger partial charge in [-0.2, -0.15) is 0 Å². The molecule has 1 aliphatic heterocycles. The second-order valence-electron chi connectivity index (χ2n) is 7.68. The van der Waals surface area contributed by atoms with Gasteiger partial charge in [0.1, 0.15) is 13.2 Å². The van der Waals surface area contributed by atoms with Gasteiger partial charge in [-0.15, -0.1) is 18.8 Å². The Morgan fingerprint density at radius 2 is 0.778 bits per heavy atom. The molecule has 6 N–H and O–H groups in total. The van der Waals surface area contributed by atoms with E-state index in [1.165, 1.54) is 0 Å². The number of hydrogen-bond donors (Lipinski definition) is 6. The summed E-state index contributed by atoms with van der Waals surface area (Å²) in [4.78, 5) is 62.3. The zero-order valence-corrected chi connectivity index (χ0v) is 23.6. The lowest BCUT2D eigenvalue weighted by atomic mass is 10.3. The third-order valence-electron chi connectivity index (χ3n) is 5.38. The van der Waals surface area contributed by atoms with Crippen molar-refractivity contribution >= 4 is 33.7 Å². The Morgan fingerprint density at radius 1 is 0.528 bits per heavy atom. The van der Waals surface area contributed by atoms with Crippen molar-refractivity contribution < 1.29 is 56.6 Å². The second-order valence-corrected chi connectivity index (χ2v) is 10.7. The molecular formula is C16H38N4O12P4+2. The standard InChI is InChI=1S/C16H36N4O12P4/c21-33(22)29-13-9-17-1-2-18(10-14-30-34(23)24)5-6-20(12-16-32-36(27)28)8-7-19(4-3-17)11-15-31-35(25)26/h21-24H,1-16H2/p+2. The third kappa shape index (κ3) is 19.6. The average molecular weight is 602 g/mol. The van der Waals surface area contributed by atoms with E-state index in [9.17, 15) is 9.13 Å². The molecule has 0 amide bonds. The van der Waals surface area contributed by atoms with E-state index in [0.29, 0.717) is 78.5 Å². The molecule has 1 fully saturated rings. The summed E-state index contributed by atoms with van der Waals surface area (Å²) in [5.41, 5.74) is 0. The van der Waals surface area contributed by atoms with E-state index >= 15 is 0 Å². The Hall–Kier alpha value is 0.500. The lowest BCUT2D eigenvalue weighted by Gasteiger charge is -2.34. The number of nitrogens with zero attached hydrogens (tertiary/aromatic N) is 4. The molecule has 1 saturated heterocycles. The van der Waals surface area contributed by atoms with Crippen LogP contribution in [-0.4, -0.2) is 154 Å². The van der Waals surface area contributed by atoms with Gasteiger partial charge in [0.25, 0.3) is 0 Å². The maximum atomic E-state index is 10.9. The van der Waals surface area contributed by atoms with Gasteiger partial charge in [-0.1, -0.05) is 0 Å². The molecule has 1 aliphatic rings. The first-order chi connectivity index (χ1) is 17.2. The highest BCUT2D eigenvalue weighted by Gasteiger charge is 2.20. The molecule has 0 bridgehead atoms. The first-order valence-corrected chi connectivity index (χ1v) is 15.8. The van der Waals surface area contributed by atoms with E-state index in [1.54, 1.807) is 0 Å². The minimum absolute atomic E-state index is 0.0776. The summed E-state index contributed by atoms with van der Waals surface area (Å²) in [6, 6.07) is 0. The smallest absolute Gasteiger partial charge is 0.328 e. The van der Waals surface area contributed by atoms with E-state index < -0.39 is 33.7 Å². The van der Waals surface area contributed by atoms with Crippen molar-refractivity contribution in [1.82, 2.24) is 19.6 Å². The van der Waals surface area contributed by atoms with Crippen LogP contribution in [0.3, 0.4) is 0 Å². The molecular weight excluding hydrogens is 564 g/mol. The van der Waals surface area contributed by atoms with Gasteiger partial charge < -0.3 is 28.6 Å². The minimum atomic E-state index is -2.69. The molecule has 0 aromatic heterocycles. The fourth-order valence-electron chi connectivity index (χ4n) is 3.47. The van der Waals surface area contributed by atoms with Crippen LogP contribution in [0.2, 0.25) is 0 Å². The predicted octanol–water partition coefficient (Wildman–Crippen LogP) is -1.00. The lowest BCUT2D eigenvalue weighted by molar-refractivity contribution is 0.102. The SMILES string of the molecule is O=[P+](O)OCCN1CCN(CCOP(O)O)CCN(CCOP(O)O)CCN(CCO[P+](=O)O)CC1. The van der Waals surface area contributed by atoms with Crippen molar-refractivity contribution in [3.05, 3.63) is 0 Å². The van der Waals surface area contributed by atoms with E-state index in [2.05, 4.69) is 19.6 Å². The monoisotopic (exact) mass is 602 g/mol. The fraction of sp³-hybridized carbons (Fsp3) is 1.00. The average Bonchev–Trinajstić information content (AvgIpc) is 2.78. The molecule has 1 heterocycles. The molecule has 36 heavy (non-hydrogen) atoms. The quantitative estimate of drug-likeness (QED) is 0.117. The van der Waals surface area contributed by atoms with E-state index in [4.69, 9.17) is 47.5 Å². The van der Waals surface area contributed by atoms with Crippen molar-refractivity contribution in [2.45, 2.75) is 0 Å². The van der Waals surface area contributed by atoms with Crippen molar-refractivity contribution in [2.75, 3.05) is 105 Å². The molecule has 0 saturated carbocycles. The summed E-state index contributed by atoms with van der Waals surface area (Å²) in [7, 11) is -10.3. The van der Waals surface area contributed by atoms with Gasteiger partial charge in [0.2, 0.25) is 0 Å². The largest absolute Gasteiger partial charge is 0.694 e. The summed E-state index contributed by atoms with van der Waals surface area (Å²) >= 11 is 0. The summed E-state index contributed by atoms with van der Waals surface area (Å²) < 4.78 is 41.2. The molecule has 20 heteroatoms. The van der Waals surface area contributed by atoms with Gasteiger partial charge in [0.05, 0.1) is 13.2 Å². The van der Waals surface area contributed by atoms with Gasteiger partial charge in [0, 0.05) is 87.7 Å². The molecule has 0 aliphatic carbocycles. The van der Waals surface area contributed by atoms with Gasteiger partial charge in [-0.3, -0.25) is 19.6 Å². The lowest BCUT2D eigenvalue weighted by Crippen LogP contribution is -2.47. The molecule has 0 aromatic rings. The number of rotatable bonds is 16. The zero-order valence-electron chi connectivity index (χ0n) is 20.0. The van der Waals surface area contributed by atoms with Crippen LogP contribution in [0.25, 0.3) is 0 Å². The molecule has 2 unspecified atom stereocenters. The summed E-state index contributed by atoms with van der Waals surface area (Å²) in [5.74, 6) is 0. The molecule has 16 nitrogen and oxygen atoms in total. The third-order valence-corrected chi connectivity index (χ3v) is 7.01. The van der Waals surface area contributed by atoms with Crippen LogP contribution in [0.15, 0.2) is 0 Å². The van der Waals surface area contributed by atoms with E-state index in [1.807, 2.05) is 0 Å². The maximum Gasteiger partial charge on any atom is 0.694 e. The van der Waals surface area contributed by atoms with Crippen molar-refractivity contribution in [3.8, 4) is 0 Å². The first kappa shape index (κ1) is 34.5. The Bertz CT molecular complexity index is 565. The van der Waals surface area contributed by atoms with E-state index in [0.717, 1.165) is 0 Å². The van der Waals surface area contributed by atoms with E-state index in [-0.39, 0.29) is 26.4 Å².